The maximum absolute atomic E-state index is 11.4. The standard InChI is InChI=1S/C43H35BN5O2.Pt/c1-26(2)32-23-30(28-13-6-5-7-14-28)24-33(27(3)4)40(32)48-42(31-15-8-9-17-36(31)50)47-41-43(48)46-38-18-12-19-39-49(38)44(41)34-25-29(20-21-37(34)51-39)35-16-10-11-22-45-35;/h5-24,26-27,50H,1-4H3;/q-1;. The van der Waals surface area contributed by atoms with Gasteiger partial charge in [-0.2, -0.15) is 0 Å². The first-order valence-electron chi connectivity index (χ1n) is 17.4. The van der Waals surface area contributed by atoms with Crippen LogP contribution in [0.25, 0.3) is 39.5 Å². The number of hydrogen-bond donors (Lipinski definition) is 1. The summed E-state index contributed by atoms with van der Waals surface area (Å²) in [7, 11) is 0. The third-order valence-electron chi connectivity index (χ3n) is 9.84. The van der Waals surface area contributed by atoms with Crippen LogP contribution >= 0.6 is 0 Å². The maximum atomic E-state index is 11.4. The Morgan fingerprint density at radius 3 is 2.27 bits per heavy atom. The summed E-state index contributed by atoms with van der Waals surface area (Å²) in [6.07, 6.45) is 7.74. The summed E-state index contributed by atoms with van der Waals surface area (Å²) in [5, 5.41) is 11.4. The zero-order valence-electron chi connectivity index (χ0n) is 29.2. The van der Waals surface area contributed by atoms with E-state index in [1.165, 1.54) is 22.3 Å². The molecule has 0 fully saturated rings. The number of aliphatic imine (C=N–C) groups is 1. The summed E-state index contributed by atoms with van der Waals surface area (Å²) < 4.78 is 8.68. The second kappa shape index (κ2) is 13.3. The third-order valence-corrected chi connectivity index (χ3v) is 9.84. The van der Waals surface area contributed by atoms with E-state index in [0.29, 0.717) is 23.0 Å². The van der Waals surface area contributed by atoms with E-state index < -0.39 is 6.85 Å². The molecule has 6 aromatic rings. The van der Waals surface area contributed by atoms with Crippen molar-refractivity contribution in [2.45, 2.75) is 39.5 Å². The minimum Gasteiger partial charge on any atom is -0.507 e. The first-order valence-corrected chi connectivity index (χ1v) is 17.4. The van der Waals surface area contributed by atoms with Crippen LogP contribution in [0.3, 0.4) is 0 Å². The number of fused-ring (bicyclic) bond motifs is 4. The SMILES string of the molecule is CC(C)c1cc(-c2ccccc2)cc(C(C)C)c1-n1c(-c2ccccc2O)nc2c1N=C1C=CC=C3Oc4ccc(-c5ccccn5)[c-]c4B2N31.[Pt]. The number of phenols is 1. The van der Waals surface area contributed by atoms with E-state index in [-0.39, 0.29) is 38.7 Å². The number of para-hydroxylation sites is 1. The fraction of sp³-hybridized carbons (Fsp3) is 0.140. The van der Waals surface area contributed by atoms with Crippen molar-refractivity contribution in [2.75, 3.05) is 0 Å². The Bertz CT molecular complexity index is 2410. The van der Waals surface area contributed by atoms with Gasteiger partial charge in [0, 0.05) is 33.0 Å². The topological polar surface area (TPSA) is 75.8 Å². The molecular weight excluding hydrogens is 824 g/mol. The molecule has 0 unspecified atom stereocenters. The number of allylic oxidation sites excluding steroid dienone is 2. The van der Waals surface area contributed by atoms with Gasteiger partial charge in [-0.1, -0.05) is 93.8 Å². The Kier molecular flexibility index (Phi) is 8.59. The van der Waals surface area contributed by atoms with Crippen LogP contribution in [-0.4, -0.2) is 37.1 Å². The van der Waals surface area contributed by atoms with Crippen molar-refractivity contribution in [1.29, 1.82) is 0 Å². The summed E-state index contributed by atoms with van der Waals surface area (Å²) in [5.41, 5.74) is 9.66. The normalized spacial score (nSPS) is 13.9. The van der Waals surface area contributed by atoms with Gasteiger partial charge in [0.25, 0.3) is 0 Å². The van der Waals surface area contributed by atoms with Crippen molar-refractivity contribution >= 4 is 29.6 Å². The molecule has 258 valence electrons. The Morgan fingerprint density at radius 1 is 0.827 bits per heavy atom. The van der Waals surface area contributed by atoms with E-state index in [0.717, 1.165) is 39.7 Å². The number of aromatic hydroxyl groups is 1. The van der Waals surface area contributed by atoms with Gasteiger partial charge in [-0.15, -0.1) is 23.8 Å². The molecule has 0 amide bonds. The summed E-state index contributed by atoms with van der Waals surface area (Å²) in [4.78, 5) is 17.5. The van der Waals surface area contributed by atoms with Gasteiger partial charge in [-0.3, -0.25) is 4.57 Å². The molecule has 0 saturated heterocycles. The van der Waals surface area contributed by atoms with Gasteiger partial charge in [0.2, 0.25) is 0 Å². The molecule has 52 heavy (non-hydrogen) atoms. The average Bonchev–Trinajstić information content (AvgIpc) is 3.53. The summed E-state index contributed by atoms with van der Waals surface area (Å²) in [6, 6.07) is 36.1. The maximum Gasteiger partial charge on any atom is 0.342 e. The molecule has 5 heterocycles. The fourth-order valence-electron chi connectivity index (χ4n) is 7.38. The molecule has 9 rings (SSSR count). The molecule has 0 bridgehead atoms. The Labute approximate surface area is 318 Å². The van der Waals surface area contributed by atoms with Gasteiger partial charge >= 0.3 is 6.85 Å². The fourth-order valence-corrected chi connectivity index (χ4v) is 7.38. The number of rotatable bonds is 6. The number of benzene rings is 4. The molecule has 9 heteroatoms. The number of amidine groups is 1. The largest absolute Gasteiger partial charge is 0.507 e. The number of pyridine rings is 1. The van der Waals surface area contributed by atoms with E-state index >= 15 is 0 Å². The van der Waals surface area contributed by atoms with E-state index in [2.05, 4.69) is 90.6 Å². The van der Waals surface area contributed by atoms with E-state index in [9.17, 15) is 5.11 Å². The van der Waals surface area contributed by atoms with E-state index in [1.807, 2.05) is 66.8 Å². The molecule has 3 aliphatic heterocycles. The number of nitrogens with zero attached hydrogens (tertiary/aromatic N) is 5. The molecule has 3 aliphatic rings. The van der Waals surface area contributed by atoms with Gasteiger partial charge in [0.05, 0.1) is 16.8 Å². The smallest absolute Gasteiger partial charge is 0.342 e. The van der Waals surface area contributed by atoms with Crippen LogP contribution < -0.4 is 15.8 Å². The molecule has 7 nitrogen and oxygen atoms in total. The van der Waals surface area contributed by atoms with Crippen LogP contribution in [-0.2, 0) is 21.1 Å². The predicted octanol–water partition coefficient (Wildman–Crippen LogP) is 8.27. The van der Waals surface area contributed by atoms with Crippen LogP contribution in [0.5, 0.6) is 11.5 Å². The number of phenolic OH excluding ortho intramolecular Hbond substituents is 1. The molecular formula is C43H35BN5O2Pt-. The number of hydrogen-bond acceptors (Lipinski definition) is 6. The van der Waals surface area contributed by atoms with Gasteiger partial charge in [0.1, 0.15) is 17.4 Å². The monoisotopic (exact) mass is 859 g/mol. The number of aromatic nitrogens is 3. The number of imidazole rings is 1. The average molecular weight is 860 g/mol. The van der Waals surface area contributed by atoms with Gasteiger partial charge in [-0.05, 0) is 82.3 Å². The van der Waals surface area contributed by atoms with Crippen LogP contribution in [0.1, 0.15) is 50.7 Å². The van der Waals surface area contributed by atoms with Gasteiger partial charge in [0.15, 0.2) is 11.7 Å². The summed E-state index contributed by atoms with van der Waals surface area (Å²) in [5.74, 6) is 3.98. The Morgan fingerprint density at radius 2 is 1.56 bits per heavy atom. The second-order valence-electron chi connectivity index (χ2n) is 13.7. The third kappa shape index (κ3) is 5.44. The van der Waals surface area contributed by atoms with E-state index in [1.54, 1.807) is 12.3 Å². The molecule has 0 atom stereocenters. The van der Waals surface area contributed by atoms with Gasteiger partial charge < -0.3 is 19.6 Å². The zero-order chi connectivity index (χ0) is 34.8. The van der Waals surface area contributed by atoms with Crippen molar-refractivity contribution in [3.8, 4) is 51.0 Å². The quantitative estimate of drug-likeness (QED) is 0.135. The van der Waals surface area contributed by atoms with Crippen LogP contribution in [0, 0.1) is 6.07 Å². The minimum atomic E-state index is -0.393. The van der Waals surface area contributed by atoms with Crippen LogP contribution in [0.2, 0.25) is 0 Å². The van der Waals surface area contributed by atoms with E-state index in [4.69, 9.17) is 14.7 Å². The molecule has 0 saturated carbocycles. The minimum absolute atomic E-state index is 0. The molecule has 4 aromatic carbocycles. The summed E-state index contributed by atoms with van der Waals surface area (Å²) in [6.45, 7) is 8.54. The molecule has 2 aromatic heterocycles. The van der Waals surface area contributed by atoms with Crippen LogP contribution in [0.15, 0.2) is 132 Å². The van der Waals surface area contributed by atoms with Crippen molar-refractivity contribution in [3.05, 3.63) is 145 Å². The van der Waals surface area contributed by atoms with Crippen molar-refractivity contribution in [2.24, 2.45) is 4.99 Å². The first-order chi connectivity index (χ1) is 24.9. The summed E-state index contributed by atoms with van der Waals surface area (Å²) >= 11 is 0. The van der Waals surface area contributed by atoms with Crippen molar-refractivity contribution in [1.82, 2.24) is 19.3 Å². The van der Waals surface area contributed by atoms with Crippen LogP contribution in [0.4, 0.5) is 5.82 Å². The molecule has 0 aliphatic carbocycles. The molecule has 0 radical (unpaired) electrons. The van der Waals surface area contributed by atoms with Gasteiger partial charge in [-0.25, -0.2) is 9.98 Å². The van der Waals surface area contributed by atoms with Crippen molar-refractivity contribution in [3.63, 3.8) is 0 Å². The molecule has 1 N–H and O–H groups in total. The Balaban J connectivity index is 0.00000387. The number of ether oxygens (including phenoxy) is 1. The predicted molar refractivity (Wildman–Crippen MR) is 205 cm³/mol. The second-order valence-corrected chi connectivity index (χ2v) is 13.7. The first kappa shape index (κ1) is 33.7. The van der Waals surface area contributed by atoms with Crippen molar-refractivity contribution < 1.29 is 30.9 Å². The molecule has 0 spiro atoms. The Hall–Kier alpha value is -5.46. The zero-order valence-corrected chi connectivity index (χ0v) is 31.5.